The Labute approximate surface area is 124 Å². The van der Waals surface area contributed by atoms with Crippen LogP contribution < -0.4 is 0 Å². The highest BCUT2D eigenvalue weighted by molar-refractivity contribution is 5.59. The van der Waals surface area contributed by atoms with Crippen LogP contribution in [0.3, 0.4) is 0 Å². The number of alkyl halides is 3. The second-order valence-electron chi connectivity index (χ2n) is 5.76. The lowest BCUT2D eigenvalue weighted by atomic mass is 9.81. The zero-order valence-corrected chi connectivity index (χ0v) is 12.3. The van der Waals surface area contributed by atoms with Gasteiger partial charge < -0.3 is 9.05 Å². The molecule has 8 heteroatoms. The van der Waals surface area contributed by atoms with Crippen molar-refractivity contribution in [1.82, 2.24) is 15.3 Å². The van der Waals surface area contributed by atoms with Gasteiger partial charge in [0.25, 0.3) is 0 Å². The molecule has 5 nitrogen and oxygen atoms in total. The van der Waals surface area contributed by atoms with E-state index in [1.165, 1.54) is 0 Å². The first kappa shape index (κ1) is 15.1. The molecule has 3 rings (SSSR count). The third kappa shape index (κ3) is 2.74. The fourth-order valence-corrected chi connectivity index (χ4v) is 3.02. The van der Waals surface area contributed by atoms with Crippen molar-refractivity contribution in [3.63, 3.8) is 0 Å². The van der Waals surface area contributed by atoms with Crippen LogP contribution in [0.15, 0.2) is 9.05 Å². The smallest absolute Gasteiger partial charge is 0.361 e. The van der Waals surface area contributed by atoms with Crippen LogP contribution in [0.25, 0.3) is 11.4 Å². The van der Waals surface area contributed by atoms with Crippen LogP contribution in [0.1, 0.15) is 48.9 Å². The van der Waals surface area contributed by atoms with Gasteiger partial charge in [-0.1, -0.05) is 16.7 Å². The molecule has 0 radical (unpaired) electrons. The van der Waals surface area contributed by atoms with Crippen molar-refractivity contribution in [1.29, 1.82) is 0 Å². The molecule has 1 fully saturated rings. The van der Waals surface area contributed by atoms with Gasteiger partial charge in [0.1, 0.15) is 5.76 Å². The molecule has 1 saturated carbocycles. The minimum atomic E-state index is -4.16. The Hall–Kier alpha value is -1.86. The van der Waals surface area contributed by atoms with E-state index in [1.54, 1.807) is 13.8 Å². The van der Waals surface area contributed by atoms with E-state index < -0.39 is 12.1 Å². The molecule has 0 saturated heterocycles. The standard InChI is InChI=1S/C14H16F3N3O2/c1-7-11(8(2)21-19-7)12-18-13(22-20-12)9-4-3-5-10(6-9)14(15,16)17/h9-10H,3-6H2,1-2H3. The van der Waals surface area contributed by atoms with Crippen molar-refractivity contribution in [2.45, 2.75) is 51.6 Å². The number of aromatic nitrogens is 3. The van der Waals surface area contributed by atoms with Crippen LogP contribution in [-0.2, 0) is 0 Å². The van der Waals surface area contributed by atoms with Crippen LogP contribution >= 0.6 is 0 Å². The van der Waals surface area contributed by atoms with Crippen molar-refractivity contribution in [3.05, 3.63) is 17.3 Å². The summed E-state index contributed by atoms with van der Waals surface area (Å²) in [7, 11) is 0. The van der Waals surface area contributed by atoms with Gasteiger partial charge in [0, 0.05) is 5.92 Å². The summed E-state index contributed by atoms with van der Waals surface area (Å²) in [6.45, 7) is 3.48. The van der Waals surface area contributed by atoms with Gasteiger partial charge in [-0.25, -0.2) is 0 Å². The van der Waals surface area contributed by atoms with Gasteiger partial charge in [0.15, 0.2) is 0 Å². The zero-order chi connectivity index (χ0) is 15.9. The lowest BCUT2D eigenvalue weighted by Crippen LogP contribution is -2.28. The maximum Gasteiger partial charge on any atom is 0.391 e. The molecule has 0 aromatic carbocycles. The van der Waals surface area contributed by atoms with E-state index in [-0.39, 0.29) is 24.7 Å². The molecule has 2 aromatic rings. The summed E-state index contributed by atoms with van der Waals surface area (Å²) in [5.41, 5.74) is 1.26. The van der Waals surface area contributed by atoms with Crippen molar-refractivity contribution in [2.75, 3.05) is 0 Å². The van der Waals surface area contributed by atoms with Gasteiger partial charge in [0.05, 0.1) is 17.2 Å². The SMILES string of the molecule is Cc1noc(C)c1-c1noc(C2CCCC(C(F)(F)F)C2)n1. The minimum Gasteiger partial charge on any atom is -0.361 e. The van der Waals surface area contributed by atoms with E-state index in [9.17, 15) is 13.2 Å². The van der Waals surface area contributed by atoms with Gasteiger partial charge in [-0.05, 0) is 33.1 Å². The Kier molecular flexibility index (Phi) is 3.70. The summed E-state index contributed by atoms with van der Waals surface area (Å²) in [6, 6.07) is 0. The van der Waals surface area contributed by atoms with Gasteiger partial charge in [-0.3, -0.25) is 0 Å². The molecule has 2 heterocycles. The second kappa shape index (κ2) is 5.40. The Morgan fingerprint density at radius 1 is 1.09 bits per heavy atom. The van der Waals surface area contributed by atoms with Crippen LogP contribution in [0.4, 0.5) is 13.2 Å². The molecule has 0 aliphatic heterocycles. The number of rotatable bonds is 2. The highest BCUT2D eigenvalue weighted by atomic mass is 19.4. The summed E-state index contributed by atoms with van der Waals surface area (Å²) in [5.74, 6) is -0.492. The lowest BCUT2D eigenvalue weighted by Gasteiger charge is -2.28. The maximum atomic E-state index is 12.9. The highest BCUT2D eigenvalue weighted by Gasteiger charge is 2.43. The van der Waals surface area contributed by atoms with Crippen molar-refractivity contribution in [3.8, 4) is 11.4 Å². The minimum absolute atomic E-state index is 0.00668. The number of hydrogen-bond donors (Lipinski definition) is 0. The molecule has 1 aliphatic carbocycles. The van der Waals surface area contributed by atoms with Gasteiger partial charge in [-0.2, -0.15) is 18.2 Å². The molecule has 120 valence electrons. The molecule has 2 aromatic heterocycles. The monoisotopic (exact) mass is 315 g/mol. The molecule has 22 heavy (non-hydrogen) atoms. The van der Waals surface area contributed by atoms with Crippen LogP contribution in [0.5, 0.6) is 0 Å². The first-order chi connectivity index (χ1) is 10.4. The summed E-state index contributed by atoms with van der Waals surface area (Å²) in [5, 5.41) is 7.69. The van der Waals surface area contributed by atoms with E-state index >= 15 is 0 Å². The van der Waals surface area contributed by atoms with Crippen LogP contribution in [0.2, 0.25) is 0 Å². The highest BCUT2D eigenvalue weighted by Crippen LogP contribution is 2.43. The molecule has 0 bridgehead atoms. The number of halogens is 3. The van der Waals surface area contributed by atoms with Gasteiger partial charge in [-0.15, -0.1) is 0 Å². The molecule has 0 N–H and O–H groups in total. The van der Waals surface area contributed by atoms with E-state index in [0.29, 0.717) is 35.7 Å². The Bertz CT molecular complexity index is 643. The van der Waals surface area contributed by atoms with Crippen LogP contribution in [-0.4, -0.2) is 21.5 Å². The summed E-state index contributed by atoms with van der Waals surface area (Å²) in [4.78, 5) is 4.27. The summed E-state index contributed by atoms with van der Waals surface area (Å²) in [6.07, 6.45) is -2.84. The molecule has 0 spiro atoms. The third-order valence-corrected chi connectivity index (χ3v) is 4.19. The predicted octanol–water partition coefficient (Wildman–Crippen LogP) is 4.18. The number of hydrogen-bond acceptors (Lipinski definition) is 5. The maximum absolute atomic E-state index is 12.9. The van der Waals surface area contributed by atoms with Crippen molar-refractivity contribution in [2.24, 2.45) is 5.92 Å². The predicted molar refractivity (Wildman–Crippen MR) is 70.0 cm³/mol. The molecule has 2 atom stereocenters. The van der Waals surface area contributed by atoms with Gasteiger partial charge >= 0.3 is 6.18 Å². The summed E-state index contributed by atoms with van der Waals surface area (Å²) >= 11 is 0. The van der Waals surface area contributed by atoms with Crippen molar-refractivity contribution < 1.29 is 22.2 Å². The largest absolute Gasteiger partial charge is 0.391 e. The van der Waals surface area contributed by atoms with Gasteiger partial charge in [0.2, 0.25) is 11.7 Å². The molecular formula is C14H16F3N3O2. The van der Waals surface area contributed by atoms with Crippen LogP contribution in [0, 0.1) is 19.8 Å². The Morgan fingerprint density at radius 2 is 1.86 bits per heavy atom. The lowest BCUT2D eigenvalue weighted by molar-refractivity contribution is -0.183. The second-order valence-corrected chi connectivity index (χ2v) is 5.76. The topological polar surface area (TPSA) is 65.0 Å². The van der Waals surface area contributed by atoms with E-state index in [1.807, 2.05) is 0 Å². The van der Waals surface area contributed by atoms with E-state index in [0.717, 1.165) is 0 Å². The average molecular weight is 315 g/mol. The fourth-order valence-electron chi connectivity index (χ4n) is 3.02. The Morgan fingerprint density at radius 3 is 2.50 bits per heavy atom. The molecule has 0 amide bonds. The zero-order valence-electron chi connectivity index (χ0n) is 12.3. The first-order valence-electron chi connectivity index (χ1n) is 7.20. The number of aryl methyl sites for hydroxylation is 2. The summed E-state index contributed by atoms with van der Waals surface area (Å²) < 4.78 is 48.9. The molecule has 2 unspecified atom stereocenters. The van der Waals surface area contributed by atoms with E-state index in [4.69, 9.17) is 9.05 Å². The first-order valence-corrected chi connectivity index (χ1v) is 7.20. The third-order valence-electron chi connectivity index (χ3n) is 4.19. The van der Waals surface area contributed by atoms with Crippen molar-refractivity contribution >= 4 is 0 Å². The fraction of sp³-hybridized carbons (Fsp3) is 0.643. The quantitative estimate of drug-likeness (QED) is 0.832. The Balaban J connectivity index is 1.82. The number of nitrogens with zero attached hydrogens (tertiary/aromatic N) is 3. The molecule has 1 aliphatic rings. The average Bonchev–Trinajstić information content (AvgIpc) is 3.05. The molecular weight excluding hydrogens is 299 g/mol. The normalized spacial score (nSPS) is 23.0. The van der Waals surface area contributed by atoms with E-state index in [2.05, 4.69) is 15.3 Å².